The summed E-state index contributed by atoms with van der Waals surface area (Å²) in [6.07, 6.45) is 0.895. The van der Waals surface area contributed by atoms with Crippen LogP contribution in [0, 0.1) is 6.92 Å². The van der Waals surface area contributed by atoms with Crippen molar-refractivity contribution in [2.24, 2.45) is 0 Å². The van der Waals surface area contributed by atoms with E-state index < -0.39 is 0 Å². The van der Waals surface area contributed by atoms with Gasteiger partial charge in [0.25, 0.3) is 0 Å². The number of aromatic nitrogens is 1. The molecule has 1 aromatic heterocycles. The van der Waals surface area contributed by atoms with Crippen LogP contribution >= 0.6 is 11.3 Å². The lowest BCUT2D eigenvalue weighted by atomic mass is 10.1. The number of hydrogen-bond acceptors (Lipinski definition) is 5. The molecule has 21 heavy (non-hydrogen) atoms. The number of likely N-dealkylation sites (N-methyl/N-ethyl adjacent to an activating group) is 1. The molecule has 0 unspecified atom stereocenters. The molecule has 0 radical (unpaired) electrons. The van der Waals surface area contributed by atoms with E-state index in [-0.39, 0.29) is 5.78 Å². The second-order valence-corrected chi connectivity index (χ2v) is 6.32. The summed E-state index contributed by atoms with van der Waals surface area (Å²) in [4.78, 5) is 19.9. The molecule has 1 aromatic carbocycles. The van der Waals surface area contributed by atoms with E-state index in [0.29, 0.717) is 6.54 Å². The summed E-state index contributed by atoms with van der Waals surface area (Å²) >= 11 is 1.64. The van der Waals surface area contributed by atoms with E-state index in [0.717, 1.165) is 42.1 Å². The molecule has 110 valence electrons. The standard InChI is InChI=1S/C16H18N2O2S/c1-11-16(21-10-17-11)9-18(2)8-14(19)12-3-4-15-13(7-12)5-6-20-15/h3-4,7,10H,5-6,8-9H2,1-2H3. The predicted octanol–water partition coefficient (Wildman–Crippen LogP) is 2.70. The summed E-state index contributed by atoms with van der Waals surface area (Å²) in [5.41, 5.74) is 4.81. The number of Topliss-reactive ketones (excluding diaryl/α,β-unsaturated/α-hetero) is 1. The average Bonchev–Trinajstić information content (AvgIpc) is 3.07. The lowest BCUT2D eigenvalue weighted by Crippen LogP contribution is -2.25. The first-order valence-electron chi connectivity index (χ1n) is 7.00. The zero-order valence-corrected chi connectivity index (χ0v) is 13.1. The molecule has 0 atom stereocenters. The van der Waals surface area contributed by atoms with Gasteiger partial charge in [-0.3, -0.25) is 9.69 Å². The third kappa shape index (κ3) is 3.14. The third-order valence-electron chi connectivity index (χ3n) is 3.68. The first-order chi connectivity index (χ1) is 10.1. The SMILES string of the molecule is Cc1ncsc1CN(C)CC(=O)c1ccc2c(c1)CCO2. The van der Waals surface area contributed by atoms with Gasteiger partial charge in [-0.1, -0.05) is 0 Å². The number of fused-ring (bicyclic) bond motifs is 1. The van der Waals surface area contributed by atoms with Crippen LogP contribution < -0.4 is 4.74 Å². The highest BCUT2D eigenvalue weighted by Gasteiger charge is 2.16. The Morgan fingerprint density at radius 3 is 3.10 bits per heavy atom. The molecule has 0 amide bonds. The first-order valence-corrected chi connectivity index (χ1v) is 7.88. The van der Waals surface area contributed by atoms with Crippen LogP contribution in [0.5, 0.6) is 5.75 Å². The van der Waals surface area contributed by atoms with Gasteiger partial charge in [0.1, 0.15) is 5.75 Å². The highest BCUT2D eigenvalue weighted by atomic mass is 32.1. The van der Waals surface area contributed by atoms with Crippen LogP contribution in [-0.2, 0) is 13.0 Å². The molecule has 4 nitrogen and oxygen atoms in total. The van der Waals surface area contributed by atoms with Gasteiger partial charge in [-0.15, -0.1) is 11.3 Å². The van der Waals surface area contributed by atoms with Crippen molar-refractivity contribution in [2.45, 2.75) is 19.9 Å². The van der Waals surface area contributed by atoms with Crippen molar-refractivity contribution in [3.63, 3.8) is 0 Å². The van der Waals surface area contributed by atoms with E-state index in [1.165, 1.54) is 4.88 Å². The highest BCUT2D eigenvalue weighted by molar-refractivity contribution is 7.09. The number of hydrogen-bond donors (Lipinski definition) is 0. The molecule has 0 saturated heterocycles. The van der Waals surface area contributed by atoms with Crippen LogP contribution in [0.4, 0.5) is 0 Å². The van der Waals surface area contributed by atoms with E-state index in [1.807, 2.05) is 42.6 Å². The maximum Gasteiger partial charge on any atom is 0.176 e. The lowest BCUT2D eigenvalue weighted by Gasteiger charge is -2.15. The Labute approximate surface area is 128 Å². The van der Waals surface area contributed by atoms with Gasteiger partial charge in [0.2, 0.25) is 0 Å². The van der Waals surface area contributed by atoms with Crippen LogP contribution in [-0.4, -0.2) is 35.9 Å². The Kier molecular flexibility index (Phi) is 4.03. The van der Waals surface area contributed by atoms with Gasteiger partial charge < -0.3 is 4.74 Å². The zero-order valence-electron chi connectivity index (χ0n) is 12.3. The molecule has 0 N–H and O–H groups in total. The van der Waals surface area contributed by atoms with Crippen LogP contribution in [0.25, 0.3) is 0 Å². The Hall–Kier alpha value is -1.72. The average molecular weight is 302 g/mol. The van der Waals surface area contributed by atoms with Gasteiger partial charge in [0, 0.05) is 23.4 Å². The molecule has 0 bridgehead atoms. The van der Waals surface area contributed by atoms with Gasteiger partial charge in [-0.2, -0.15) is 0 Å². The number of ether oxygens (including phenoxy) is 1. The summed E-state index contributed by atoms with van der Waals surface area (Å²) in [5.74, 6) is 1.06. The van der Waals surface area contributed by atoms with Crippen molar-refractivity contribution < 1.29 is 9.53 Å². The van der Waals surface area contributed by atoms with Crippen molar-refractivity contribution in [2.75, 3.05) is 20.2 Å². The fourth-order valence-corrected chi connectivity index (χ4v) is 3.33. The molecule has 3 rings (SSSR count). The fourth-order valence-electron chi connectivity index (χ4n) is 2.48. The van der Waals surface area contributed by atoms with Crippen LogP contribution in [0.1, 0.15) is 26.5 Å². The summed E-state index contributed by atoms with van der Waals surface area (Å²) in [6.45, 7) is 3.90. The Bertz CT molecular complexity index is 666. The van der Waals surface area contributed by atoms with Crippen LogP contribution in [0.3, 0.4) is 0 Å². The summed E-state index contributed by atoms with van der Waals surface area (Å²) in [5, 5.41) is 0. The van der Waals surface area contributed by atoms with Gasteiger partial charge in [-0.05, 0) is 37.7 Å². The van der Waals surface area contributed by atoms with Gasteiger partial charge >= 0.3 is 0 Å². The van der Waals surface area contributed by atoms with Crippen molar-refractivity contribution in [3.05, 3.63) is 45.4 Å². The number of ketones is 1. The van der Waals surface area contributed by atoms with Crippen molar-refractivity contribution >= 4 is 17.1 Å². The smallest absolute Gasteiger partial charge is 0.176 e. The molecule has 0 fully saturated rings. The second-order valence-electron chi connectivity index (χ2n) is 5.38. The molecular formula is C16H18N2O2S. The van der Waals surface area contributed by atoms with Crippen molar-refractivity contribution in [1.82, 2.24) is 9.88 Å². The van der Waals surface area contributed by atoms with Gasteiger partial charge in [0.05, 0.1) is 24.4 Å². The quantitative estimate of drug-likeness (QED) is 0.797. The number of benzene rings is 1. The first kappa shape index (κ1) is 14.2. The number of nitrogens with zero attached hydrogens (tertiary/aromatic N) is 2. The minimum Gasteiger partial charge on any atom is -0.493 e. The maximum absolute atomic E-state index is 12.4. The fraction of sp³-hybridized carbons (Fsp3) is 0.375. The predicted molar refractivity (Wildman–Crippen MR) is 83.2 cm³/mol. The third-order valence-corrected chi connectivity index (χ3v) is 4.60. The summed E-state index contributed by atoms with van der Waals surface area (Å²) in [6, 6.07) is 5.73. The van der Waals surface area contributed by atoms with E-state index in [4.69, 9.17) is 4.74 Å². The van der Waals surface area contributed by atoms with E-state index >= 15 is 0 Å². The molecule has 1 aliphatic rings. The molecule has 0 saturated carbocycles. The molecule has 2 aromatic rings. The van der Waals surface area contributed by atoms with E-state index in [1.54, 1.807) is 11.3 Å². The van der Waals surface area contributed by atoms with E-state index in [2.05, 4.69) is 4.98 Å². The Morgan fingerprint density at radius 1 is 1.48 bits per heavy atom. The summed E-state index contributed by atoms with van der Waals surface area (Å²) < 4.78 is 5.47. The van der Waals surface area contributed by atoms with Crippen LogP contribution in [0.15, 0.2) is 23.7 Å². The van der Waals surface area contributed by atoms with Gasteiger partial charge in [-0.25, -0.2) is 4.98 Å². The highest BCUT2D eigenvalue weighted by Crippen LogP contribution is 2.26. The molecule has 1 aliphatic heterocycles. The minimum atomic E-state index is 0.148. The zero-order chi connectivity index (χ0) is 14.8. The Morgan fingerprint density at radius 2 is 2.33 bits per heavy atom. The van der Waals surface area contributed by atoms with Crippen molar-refractivity contribution in [1.29, 1.82) is 0 Å². The largest absolute Gasteiger partial charge is 0.493 e. The topological polar surface area (TPSA) is 42.4 Å². The molecule has 5 heteroatoms. The number of carbonyl (C=O) groups excluding carboxylic acids is 1. The number of thiazole rings is 1. The monoisotopic (exact) mass is 302 g/mol. The minimum absolute atomic E-state index is 0.148. The second kappa shape index (κ2) is 5.95. The molecule has 0 spiro atoms. The van der Waals surface area contributed by atoms with Gasteiger partial charge in [0.15, 0.2) is 5.78 Å². The normalized spacial score (nSPS) is 13.3. The number of carbonyl (C=O) groups is 1. The number of aryl methyl sites for hydroxylation is 1. The van der Waals surface area contributed by atoms with E-state index in [9.17, 15) is 4.79 Å². The van der Waals surface area contributed by atoms with Crippen molar-refractivity contribution in [3.8, 4) is 5.75 Å². The molecular weight excluding hydrogens is 284 g/mol. The van der Waals surface area contributed by atoms with Crippen LogP contribution in [0.2, 0.25) is 0 Å². The molecule has 0 aliphatic carbocycles. The maximum atomic E-state index is 12.4. The number of rotatable bonds is 5. The Balaban J connectivity index is 1.64. The summed E-state index contributed by atoms with van der Waals surface area (Å²) in [7, 11) is 1.97. The molecule has 2 heterocycles. The lowest BCUT2D eigenvalue weighted by molar-refractivity contribution is 0.0943.